The maximum absolute atomic E-state index is 12.6. The number of carbonyl (C=O) groups is 1. The van der Waals surface area contributed by atoms with Crippen LogP contribution < -0.4 is 10.2 Å². The second-order valence-electron chi connectivity index (χ2n) is 30.9. The number of phosphoric ester groups is 1. The Morgan fingerprint density at radius 2 is 0.717 bits per heavy atom. The van der Waals surface area contributed by atoms with Crippen LogP contribution in [-0.4, -0.2) is 250 Å². The predicted molar refractivity (Wildman–Crippen MR) is 345 cm³/mol. The summed E-state index contributed by atoms with van der Waals surface area (Å²) in [6.45, 7) is 45.0. The van der Waals surface area contributed by atoms with E-state index in [4.69, 9.17) is 99.0 Å². The topological polar surface area (TPSA) is 338 Å². The van der Waals surface area contributed by atoms with Crippen molar-refractivity contribution < 1.29 is 120 Å². The van der Waals surface area contributed by atoms with Crippen molar-refractivity contribution in [2.45, 2.75) is 347 Å². The fraction of sp³-hybridized carbons (Fsp3) is 0.984. The molecule has 0 aromatic heterocycles. The average molecular weight is 1400 g/mol. The van der Waals surface area contributed by atoms with E-state index < -0.39 is 165 Å². The number of ether oxygens (including phenoxy) is 12. The van der Waals surface area contributed by atoms with Crippen molar-refractivity contribution in [1.29, 1.82) is 0 Å². The molecule has 0 aliphatic carbocycles. The van der Waals surface area contributed by atoms with Crippen LogP contribution in [0.3, 0.4) is 0 Å². The van der Waals surface area contributed by atoms with Gasteiger partial charge in [0.1, 0.15) is 91.6 Å². The summed E-state index contributed by atoms with van der Waals surface area (Å²) in [4.78, 5) is 25.1. The molecule has 0 bridgehead atoms. The minimum atomic E-state index is -4.84. The molecule has 6 aliphatic heterocycles. The molecule has 92 heavy (non-hydrogen) atoms. The van der Waals surface area contributed by atoms with E-state index in [-0.39, 0.29) is 74.1 Å². The standard InChI is InChI=1S/C22H41NO7.C20H39O10P.C20H39O8PS2/c1-12-18(25)14(16(29-12)11-27-21(3,4)5)9-17(24)23-10-15-20(30-22(6,7)8)19(26)13(2)28-15;1-11-15(21)17(29-20(6,7)8)14(28-11)10-26-31(23,24)30-18-13(9-25-19(3,4)5)27-12(2)16(18)22;1-11-15(21)17(27-20(6,7)8)14(26-11)10-24-29(30,31)28-18-13(9-23-19(3,4)5)25-12(2)16(18)22/h12-16,18-20,25-26H,9-11H2,1-8H3,(H,23,24);11-18,21-22H,9-10H2,1-8H3,(H,23,24);11-18,21-22H,9-10H2,1-8H3,(H,30,31)/p-2/t12-,13-,14?,15+,16+,18+,19+,20?;2*11-,12-,13+,14+,15+,16+,17?,18?/m000/s1. The molecule has 6 aliphatic rings. The van der Waals surface area contributed by atoms with E-state index in [1.54, 1.807) is 41.5 Å². The minimum Gasteiger partial charge on any atom is -0.756 e. The van der Waals surface area contributed by atoms with Gasteiger partial charge in [-0.05, 0) is 166 Å². The molecule has 26 atom stereocenters. The van der Waals surface area contributed by atoms with Crippen molar-refractivity contribution in [2.24, 2.45) is 5.92 Å². The second-order valence-corrected chi connectivity index (χ2v) is 37.2. The molecular formula is C62H117NO25P2S2-2. The van der Waals surface area contributed by atoms with Gasteiger partial charge in [0, 0.05) is 18.9 Å². The van der Waals surface area contributed by atoms with Gasteiger partial charge in [-0.15, -0.1) is 0 Å². The van der Waals surface area contributed by atoms with Crippen molar-refractivity contribution in [3.8, 4) is 0 Å². The first-order valence-electron chi connectivity index (χ1n) is 32.2. The van der Waals surface area contributed by atoms with Crippen LogP contribution in [0.5, 0.6) is 0 Å². The molecule has 0 aromatic carbocycles. The molecule has 6 saturated heterocycles. The van der Waals surface area contributed by atoms with Gasteiger partial charge in [-0.3, -0.25) is 9.36 Å². The summed E-state index contributed by atoms with van der Waals surface area (Å²) in [5.74, 6) is -0.553. The molecule has 30 heteroatoms. The number of aliphatic hydroxyl groups is 6. The lowest BCUT2D eigenvalue weighted by molar-refractivity contribution is -0.237. The zero-order chi connectivity index (χ0) is 70.4. The summed E-state index contributed by atoms with van der Waals surface area (Å²) in [6, 6.07) is 0. The summed E-state index contributed by atoms with van der Waals surface area (Å²) in [5.41, 5.74) is -5.82. The van der Waals surface area contributed by atoms with Crippen molar-refractivity contribution in [1.82, 2.24) is 5.32 Å². The van der Waals surface area contributed by atoms with Crippen molar-refractivity contribution in [2.75, 3.05) is 39.6 Å². The average Bonchev–Trinajstić information content (AvgIpc) is 1.70. The van der Waals surface area contributed by atoms with Crippen LogP contribution in [0.1, 0.15) is 173 Å². The molecule has 7 N–H and O–H groups in total. The maximum Gasteiger partial charge on any atom is 0.268 e. The molecule has 0 aromatic rings. The molecule has 0 radical (unpaired) electrons. The number of phosphoric acid groups is 1. The molecule has 0 saturated carbocycles. The van der Waals surface area contributed by atoms with Crippen LogP contribution in [0.2, 0.25) is 0 Å². The summed E-state index contributed by atoms with van der Waals surface area (Å²) >= 11 is 10.9. The lowest BCUT2D eigenvalue weighted by Crippen LogP contribution is -2.45. The Hall–Kier alpha value is -0.220. The zero-order valence-electron chi connectivity index (χ0n) is 59.0. The third-order valence-corrected chi connectivity index (χ3v) is 18.5. The summed E-state index contributed by atoms with van der Waals surface area (Å²) in [5, 5.41) is 65.4. The first kappa shape index (κ1) is 84.2. The highest BCUT2D eigenvalue weighted by molar-refractivity contribution is 8.51. The molecule has 6 fully saturated rings. The molecule has 544 valence electrons. The SMILES string of the molecule is C[C@@H]1O[C@H](COC(C)(C)C)C(CC(=O)NC[C@H]2O[C@@H](C)[C@@H](O)C2OC(C)(C)C)[C@@H]1O.C[C@@H]1O[C@H](COP(=O)([O-])OC2[C@@H](COC(C)(C)C)O[C@@H](C)[C@H]2O)C(OC(C)(C)C)[C@@H]1O.C[C@@H]1O[C@H](COP(=S)([S-])OC2[C@@H](COC(C)(C)C)O[C@@H](C)[C@H]2O)C(OC(C)(C)C)[C@@H]1O. The Balaban J connectivity index is 0.000000294. The molecule has 8 unspecified atom stereocenters. The number of aliphatic hydroxyl groups excluding tert-OH is 6. The third-order valence-electron chi connectivity index (χ3n) is 15.4. The summed E-state index contributed by atoms with van der Waals surface area (Å²) < 4.78 is 104. The molecule has 26 nitrogen and oxygen atoms in total. The summed E-state index contributed by atoms with van der Waals surface area (Å²) in [6.07, 6.45) is -15.1. The van der Waals surface area contributed by atoms with Gasteiger partial charge in [0.2, 0.25) is 5.91 Å². The highest BCUT2D eigenvalue weighted by Crippen LogP contribution is 2.51. The lowest BCUT2D eigenvalue weighted by Gasteiger charge is -2.36. The second kappa shape index (κ2) is 34.0. The molecule has 0 spiro atoms. The van der Waals surface area contributed by atoms with Crippen molar-refractivity contribution in [3.63, 3.8) is 0 Å². The fourth-order valence-corrected chi connectivity index (χ4v) is 13.7. The Bertz CT molecular complexity index is 2240. The predicted octanol–water partition coefficient (Wildman–Crippen LogP) is 5.01. The van der Waals surface area contributed by atoms with Gasteiger partial charge < -0.3 is 128 Å². The molecule has 6 rings (SSSR count). The van der Waals surface area contributed by atoms with E-state index in [0.29, 0.717) is 6.61 Å². The van der Waals surface area contributed by atoms with Crippen LogP contribution >= 0.6 is 13.5 Å². The smallest absolute Gasteiger partial charge is 0.268 e. The highest BCUT2D eigenvalue weighted by Gasteiger charge is 2.50. The van der Waals surface area contributed by atoms with Crippen LogP contribution in [0.15, 0.2) is 0 Å². The fourth-order valence-electron chi connectivity index (χ4n) is 10.9. The maximum atomic E-state index is 12.6. The number of hydrogen-bond donors (Lipinski definition) is 7. The summed E-state index contributed by atoms with van der Waals surface area (Å²) in [7, 11) is -4.84. The van der Waals surface area contributed by atoms with Crippen molar-refractivity contribution >= 4 is 43.5 Å². The van der Waals surface area contributed by atoms with Gasteiger partial charge in [-0.2, -0.15) is 0 Å². The normalized spacial score (nSPS) is 38.6. The zero-order valence-corrected chi connectivity index (χ0v) is 62.4. The molecular weight excluding hydrogens is 1280 g/mol. The van der Waals surface area contributed by atoms with E-state index in [1.807, 2.05) is 125 Å². The van der Waals surface area contributed by atoms with Crippen LogP contribution in [0.25, 0.3) is 0 Å². The van der Waals surface area contributed by atoms with E-state index in [2.05, 4.69) is 5.32 Å². The van der Waals surface area contributed by atoms with Crippen LogP contribution in [0.4, 0.5) is 0 Å². The lowest BCUT2D eigenvalue weighted by atomic mass is 9.92. The number of nitrogens with one attached hydrogen (secondary N) is 1. The number of rotatable bonds is 23. The van der Waals surface area contributed by atoms with Gasteiger partial charge >= 0.3 is 0 Å². The third kappa shape index (κ3) is 27.7. The Morgan fingerprint density at radius 1 is 0.435 bits per heavy atom. The Kier molecular flexibility index (Phi) is 31.1. The number of hydrogen-bond acceptors (Lipinski definition) is 27. The minimum absolute atomic E-state index is 0.0192. The Morgan fingerprint density at radius 3 is 1.08 bits per heavy atom. The van der Waals surface area contributed by atoms with E-state index in [9.17, 15) is 44.9 Å². The van der Waals surface area contributed by atoms with Gasteiger partial charge in [0.05, 0.1) is 121 Å². The monoisotopic (exact) mass is 1400 g/mol. The first-order chi connectivity index (χ1) is 41.7. The van der Waals surface area contributed by atoms with Crippen LogP contribution in [0, 0.1) is 5.92 Å². The largest absolute Gasteiger partial charge is 0.756 e. The van der Waals surface area contributed by atoms with E-state index >= 15 is 0 Å². The quantitative estimate of drug-likeness (QED) is 0.0522. The van der Waals surface area contributed by atoms with Gasteiger partial charge in [-0.1, -0.05) is 11.8 Å². The van der Waals surface area contributed by atoms with E-state index in [1.165, 1.54) is 0 Å². The van der Waals surface area contributed by atoms with Crippen molar-refractivity contribution in [3.05, 3.63) is 0 Å². The number of amides is 1. The van der Waals surface area contributed by atoms with Gasteiger partial charge in [0.15, 0.2) is 0 Å². The van der Waals surface area contributed by atoms with Gasteiger partial charge in [-0.25, -0.2) is 0 Å². The highest BCUT2D eigenvalue weighted by atomic mass is 32.9. The van der Waals surface area contributed by atoms with Crippen LogP contribution in [-0.2, 0) is 108 Å². The molecule has 1 amide bonds. The van der Waals surface area contributed by atoms with Gasteiger partial charge in [0.25, 0.3) is 7.82 Å². The Labute approximate surface area is 558 Å². The van der Waals surface area contributed by atoms with E-state index in [0.717, 1.165) is 0 Å². The number of carbonyl (C=O) groups excluding carboxylic acids is 1. The molecule has 6 heterocycles. The first-order valence-corrected chi connectivity index (χ1v) is 37.3.